The fourth-order valence-electron chi connectivity index (χ4n) is 6.37. The van der Waals surface area contributed by atoms with Crippen molar-refractivity contribution in [3.8, 4) is 22.8 Å². The lowest BCUT2D eigenvalue weighted by atomic mass is 9.88. The average Bonchev–Trinajstić information content (AvgIpc) is 2.86. The van der Waals surface area contributed by atoms with E-state index in [0.29, 0.717) is 5.92 Å². The predicted molar refractivity (Wildman–Crippen MR) is 159 cm³/mol. The minimum absolute atomic E-state index is 0.591. The number of benzene rings is 4. The van der Waals surface area contributed by atoms with Gasteiger partial charge in [0, 0.05) is 22.0 Å². The highest BCUT2D eigenvalue weighted by molar-refractivity contribution is 7.02. The monoisotopic (exact) mass is 502 g/mol. The molecule has 0 atom stereocenters. The molecule has 0 N–H and O–H groups in total. The van der Waals surface area contributed by atoms with Crippen LogP contribution in [0.2, 0.25) is 13.1 Å². The molecule has 1 aliphatic heterocycles. The van der Waals surface area contributed by atoms with E-state index in [1.54, 1.807) is 0 Å². The number of hydrogen-bond acceptors (Lipinski definition) is 1. The molecule has 4 aromatic carbocycles. The molecule has 186 valence electrons. The Morgan fingerprint density at radius 1 is 0.892 bits per heavy atom. The number of rotatable bonds is 4. The second-order valence-corrected chi connectivity index (χ2v) is 16.0. The van der Waals surface area contributed by atoms with Gasteiger partial charge in [0.2, 0.25) is 5.52 Å². The molecule has 0 radical (unpaired) electrons. The van der Waals surface area contributed by atoms with Crippen LogP contribution in [0.5, 0.6) is 11.5 Å². The van der Waals surface area contributed by atoms with Crippen molar-refractivity contribution >= 4 is 40.1 Å². The van der Waals surface area contributed by atoms with Gasteiger partial charge in [0.1, 0.15) is 20.9 Å². The summed E-state index contributed by atoms with van der Waals surface area (Å²) in [6.07, 6.45) is 1.05. The second kappa shape index (κ2) is 8.56. The predicted octanol–water partition coefficient (Wildman–Crippen LogP) is 7.23. The van der Waals surface area contributed by atoms with E-state index in [9.17, 15) is 0 Å². The SMILES string of the molecule is Cc1cc2cc(CC(C)C)cc3c2c(c1C)-c1c(c([Si](C)(C)c2ccccc2)c2ccccc2[n+]1C)O3. The van der Waals surface area contributed by atoms with Crippen molar-refractivity contribution in [2.75, 3.05) is 0 Å². The molecule has 37 heavy (non-hydrogen) atoms. The Morgan fingerprint density at radius 3 is 2.32 bits per heavy atom. The van der Waals surface area contributed by atoms with Gasteiger partial charge in [-0.15, -0.1) is 0 Å². The van der Waals surface area contributed by atoms with Gasteiger partial charge >= 0.3 is 0 Å². The minimum Gasteiger partial charge on any atom is -0.450 e. The Balaban J connectivity index is 1.78. The van der Waals surface area contributed by atoms with E-state index in [1.165, 1.54) is 60.0 Å². The van der Waals surface area contributed by atoms with Crippen LogP contribution in [-0.2, 0) is 13.5 Å². The van der Waals surface area contributed by atoms with E-state index < -0.39 is 8.07 Å². The molecule has 2 heterocycles. The molecular formula is C34H36NOSi+. The first-order chi connectivity index (χ1) is 17.7. The van der Waals surface area contributed by atoms with E-state index in [-0.39, 0.29) is 0 Å². The van der Waals surface area contributed by atoms with Crippen LogP contribution in [0.4, 0.5) is 0 Å². The van der Waals surface area contributed by atoms with Gasteiger partial charge in [-0.3, -0.25) is 0 Å². The molecule has 1 aromatic heterocycles. The van der Waals surface area contributed by atoms with E-state index in [4.69, 9.17) is 4.74 Å². The van der Waals surface area contributed by atoms with Crippen molar-refractivity contribution in [1.82, 2.24) is 0 Å². The number of hydrogen-bond donors (Lipinski definition) is 0. The van der Waals surface area contributed by atoms with Crippen molar-refractivity contribution in [2.24, 2.45) is 13.0 Å². The molecular weight excluding hydrogens is 466 g/mol. The van der Waals surface area contributed by atoms with Gasteiger partial charge in [-0.05, 0) is 60.4 Å². The van der Waals surface area contributed by atoms with Gasteiger partial charge in [-0.25, -0.2) is 0 Å². The standard InChI is InChI=1S/C34H36NOSi/c1-21(2)17-24-19-25-18-22(3)23(4)30-31(25)29(20-24)36-33-32(30)35(5)28-16-12-11-15-27(28)34(33)37(6,7)26-13-9-8-10-14-26/h8-16,18-21H,17H2,1-7H3/q+1. The molecule has 5 aromatic rings. The summed E-state index contributed by atoms with van der Waals surface area (Å²) in [4.78, 5) is 0. The minimum atomic E-state index is -2.14. The van der Waals surface area contributed by atoms with Gasteiger partial charge < -0.3 is 4.74 Å². The van der Waals surface area contributed by atoms with E-state index >= 15 is 0 Å². The van der Waals surface area contributed by atoms with Crippen molar-refractivity contribution in [2.45, 2.75) is 47.2 Å². The zero-order valence-electron chi connectivity index (χ0n) is 23.1. The first kappa shape index (κ1) is 23.9. The smallest absolute Gasteiger partial charge is 0.256 e. The van der Waals surface area contributed by atoms with Gasteiger partial charge in [0.05, 0.1) is 5.56 Å². The van der Waals surface area contributed by atoms with Crippen molar-refractivity contribution in [1.29, 1.82) is 0 Å². The summed E-state index contributed by atoms with van der Waals surface area (Å²) in [6, 6.07) is 27.0. The molecule has 0 spiro atoms. The molecule has 6 rings (SSSR count). The van der Waals surface area contributed by atoms with Crippen LogP contribution >= 0.6 is 0 Å². The van der Waals surface area contributed by atoms with Gasteiger partial charge in [-0.2, -0.15) is 4.57 Å². The number of pyridine rings is 1. The Morgan fingerprint density at radius 2 is 1.59 bits per heavy atom. The fourth-order valence-corrected chi connectivity index (χ4v) is 9.31. The summed E-state index contributed by atoms with van der Waals surface area (Å²) >= 11 is 0. The quantitative estimate of drug-likeness (QED) is 0.183. The number of aromatic nitrogens is 1. The van der Waals surface area contributed by atoms with Crippen molar-refractivity contribution in [3.05, 3.63) is 89.5 Å². The number of para-hydroxylation sites is 1. The maximum Gasteiger partial charge on any atom is 0.256 e. The molecule has 1 aliphatic rings. The molecule has 0 saturated heterocycles. The second-order valence-electron chi connectivity index (χ2n) is 11.7. The Labute approximate surface area is 221 Å². The molecule has 0 aliphatic carbocycles. The highest BCUT2D eigenvalue weighted by Crippen LogP contribution is 2.48. The summed E-state index contributed by atoms with van der Waals surface area (Å²) in [6.45, 7) is 14.0. The largest absolute Gasteiger partial charge is 0.450 e. The summed E-state index contributed by atoms with van der Waals surface area (Å²) in [7, 11) is 0.0698. The Bertz CT molecular complexity index is 1700. The molecule has 3 heteroatoms. The van der Waals surface area contributed by atoms with E-state index in [1.807, 2.05) is 0 Å². The first-order valence-electron chi connectivity index (χ1n) is 13.4. The third-order valence-corrected chi connectivity index (χ3v) is 11.8. The molecule has 0 fully saturated rings. The molecule has 0 unspecified atom stereocenters. The Kier molecular flexibility index (Phi) is 5.54. The van der Waals surface area contributed by atoms with Crippen LogP contribution in [0, 0.1) is 19.8 Å². The first-order valence-corrected chi connectivity index (χ1v) is 16.4. The van der Waals surface area contributed by atoms with Gasteiger partial charge in [-0.1, -0.05) is 86.7 Å². The summed E-state index contributed by atoms with van der Waals surface area (Å²) in [5.74, 6) is 2.65. The van der Waals surface area contributed by atoms with Crippen LogP contribution in [0.3, 0.4) is 0 Å². The van der Waals surface area contributed by atoms with Crippen molar-refractivity contribution < 1.29 is 9.30 Å². The number of fused-ring (bicyclic) bond motifs is 3. The zero-order valence-corrected chi connectivity index (χ0v) is 24.1. The van der Waals surface area contributed by atoms with Crippen LogP contribution in [0.25, 0.3) is 32.9 Å². The van der Waals surface area contributed by atoms with Gasteiger partial charge in [0.15, 0.2) is 5.75 Å². The third-order valence-electron chi connectivity index (χ3n) is 8.31. The molecule has 0 amide bonds. The summed E-state index contributed by atoms with van der Waals surface area (Å²) in [5, 5.41) is 6.64. The fraction of sp³-hybridized carbons (Fsp3) is 0.265. The lowest BCUT2D eigenvalue weighted by Crippen LogP contribution is -2.55. The normalized spacial score (nSPS) is 12.8. The number of aryl methyl sites for hydroxylation is 2. The zero-order chi connectivity index (χ0) is 26.1. The molecule has 0 bridgehead atoms. The van der Waals surface area contributed by atoms with Crippen LogP contribution in [-0.4, -0.2) is 8.07 Å². The lowest BCUT2D eigenvalue weighted by Gasteiger charge is -2.31. The third kappa shape index (κ3) is 3.63. The van der Waals surface area contributed by atoms with E-state index in [0.717, 1.165) is 17.9 Å². The molecule has 0 saturated carbocycles. The number of nitrogens with zero attached hydrogens (tertiary/aromatic N) is 1. The Hall–Kier alpha value is -3.43. The summed E-state index contributed by atoms with van der Waals surface area (Å²) < 4.78 is 9.48. The highest BCUT2D eigenvalue weighted by Gasteiger charge is 2.41. The van der Waals surface area contributed by atoms with Gasteiger partial charge in [0.25, 0.3) is 5.69 Å². The lowest BCUT2D eigenvalue weighted by molar-refractivity contribution is -0.633. The van der Waals surface area contributed by atoms with Crippen molar-refractivity contribution in [3.63, 3.8) is 0 Å². The topological polar surface area (TPSA) is 13.1 Å². The number of ether oxygens (including phenoxy) is 1. The van der Waals surface area contributed by atoms with Crippen LogP contribution < -0.4 is 19.7 Å². The molecule has 2 nitrogen and oxygen atoms in total. The van der Waals surface area contributed by atoms with Crippen LogP contribution in [0.1, 0.15) is 30.5 Å². The summed E-state index contributed by atoms with van der Waals surface area (Å²) in [5.41, 5.74) is 7.81. The highest BCUT2D eigenvalue weighted by atomic mass is 28.3. The maximum atomic E-state index is 7.11. The van der Waals surface area contributed by atoms with E-state index in [2.05, 4.69) is 125 Å². The maximum absolute atomic E-state index is 7.11. The average molecular weight is 503 g/mol. The van der Waals surface area contributed by atoms with Crippen LogP contribution in [0.15, 0.2) is 72.8 Å².